The first-order valence-corrected chi connectivity index (χ1v) is 14.3. The molecule has 3 heteroatoms. The molecule has 1 aliphatic rings. The molecule has 0 amide bonds. The molecule has 0 bridgehead atoms. The van der Waals surface area contributed by atoms with E-state index >= 15 is 0 Å². The molecule has 0 spiro atoms. The van der Waals surface area contributed by atoms with Crippen LogP contribution in [0, 0.1) is 5.92 Å². The third-order valence-electron chi connectivity index (χ3n) is 8.47. The first-order chi connectivity index (χ1) is 19.3. The van der Waals surface area contributed by atoms with Gasteiger partial charge in [0.15, 0.2) is 0 Å². The fraction of sp³-hybridized carbons (Fsp3) is 0.361. The fourth-order valence-corrected chi connectivity index (χ4v) is 6.25. The number of carbonyl (C=O) groups is 1. The Balaban J connectivity index is 1.30. The van der Waals surface area contributed by atoms with E-state index in [9.17, 15) is 4.79 Å². The molecule has 4 aromatic carbocycles. The van der Waals surface area contributed by atoms with E-state index in [4.69, 9.17) is 6.11 Å². The summed E-state index contributed by atoms with van der Waals surface area (Å²) in [6.07, 6.45) is 2.82. The van der Waals surface area contributed by atoms with Crippen molar-refractivity contribution in [2.24, 2.45) is 5.92 Å². The highest BCUT2D eigenvalue weighted by Crippen LogP contribution is 2.43. The molecule has 4 aromatic rings. The summed E-state index contributed by atoms with van der Waals surface area (Å²) in [5.41, 5.74) is 3.31. The van der Waals surface area contributed by atoms with Gasteiger partial charge in [0.2, 0.25) is 0 Å². The highest BCUT2D eigenvalue weighted by atomic mass is 16.5. The van der Waals surface area contributed by atoms with Gasteiger partial charge in [-0.05, 0) is 59.1 Å². The van der Waals surface area contributed by atoms with Gasteiger partial charge in [0.25, 0.3) is 0 Å². The smallest absolute Gasteiger partial charge is 0.307 e. The second-order valence-electron chi connectivity index (χ2n) is 11.5. The Bertz CT molecular complexity index is 1360. The lowest BCUT2D eigenvalue weighted by Crippen LogP contribution is -2.42. The number of benzene rings is 4. The van der Waals surface area contributed by atoms with Gasteiger partial charge in [0.1, 0.15) is 6.10 Å². The number of hydrogen-bond acceptors (Lipinski definition) is 3. The molecule has 3 nitrogen and oxygen atoms in total. The van der Waals surface area contributed by atoms with E-state index in [2.05, 4.69) is 85.9 Å². The highest BCUT2D eigenvalue weighted by Gasteiger charge is 2.40. The molecule has 5 rings (SSSR count). The van der Waals surface area contributed by atoms with E-state index in [-0.39, 0.29) is 23.5 Å². The van der Waals surface area contributed by atoms with Gasteiger partial charge in [-0.25, -0.2) is 0 Å². The van der Waals surface area contributed by atoms with Crippen molar-refractivity contribution in [1.29, 1.82) is 0 Å². The van der Waals surface area contributed by atoms with Crippen LogP contribution in [0.25, 0.3) is 10.8 Å². The second kappa shape index (κ2) is 12.2. The van der Waals surface area contributed by atoms with Gasteiger partial charge in [-0.1, -0.05) is 123 Å². The number of carbonyl (C=O) groups excluding carboxylic acids is 1. The standard InChI is InChI=1S/C36H41NO2/c1-26(37-35(28-15-6-4-7-16-28)29-17-8-5-9-18-29)24-34(38)39-33-21-13-12-20-32(33)36(2,3)31-23-22-27-14-10-11-19-30(27)25-31/h4-11,14-19,22-23,25-26,32-33,35,37H,12-13,20-21,24H2,1-3H3/t26-,32-,33-/m0/s1/i24D/t24-,26-,32-,33-. The maximum absolute atomic E-state index is 13.4. The van der Waals surface area contributed by atoms with Crippen LogP contribution in [0.2, 0.25) is 0 Å². The van der Waals surface area contributed by atoms with Crippen LogP contribution in [0.5, 0.6) is 0 Å². The second-order valence-corrected chi connectivity index (χ2v) is 11.5. The predicted octanol–water partition coefficient (Wildman–Crippen LogP) is 8.38. The molecule has 0 heterocycles. The van der Waals surface area contributed by atoms with Crippen molar-refractivity contribution in [1.82, 2.24) is 5.32 Å². The first kappa shape index (κ1) is 25.8. The summed E-state index contributed by atoms with van der Waals surface area (Å²) in [4.78, 5) is 13.4. The Labute approximate surface area is 235 Å². The minimum absolute atomic E-state index is 0.118. The van der Waals surface area contributed by atoms with Crippen molar-refractivity contribution in [3.63, 3.8) is 0 Å². The Morgan fingerprint density at radius 3 is 2.13 bits per heavy atom. The molecular formula is C36H41NO2. The Kier molecular flexibility index (Phi) is 8.06. The lowest BCUT2D eigenvalue weighted by molar-refractivity contribution is -0.156. The van der Waals surface area contributed by atoms with Crippen LogP contribution in [0.15, 0.2) is 103 Å². The molecule has 0 radical (unpaired) electrons. The third kappa shape index (κ3) is 6.42. The molecule has 0 saturated heterocycles. The van der Waals surface area contributed by atoms with Crippen molar-refractivity contribution >= 4 is 16.7 Å². The van der Waals surface area contributed by atoms with Crippen LogP contribution in [-0.4, -0.2) is 18.1 Å². The minimum atomic E-state index is -1.03. The van der Waals surface area contributed by atoms with Crippen LogP contribution >= 0.6 is 0 Å². The van der Waals surface area contributed by atoms with Gasteiger partial charge in [0.05, 0.1) is 12.4 Å². The van der Waals surface area contributed by atoms with Gasteiger partial charge in [-0.15, -0.1) is 0 Å². The van der Waals surface area contributed by atoms with Crippen LogP contribution in [0.4, 0.5) is 0 Å². The topological polar surface area (TPSA) is 38.3 Å². The van der Waals surface area contributed by atoms with Gasteiger partial charge >= 0.3 is 5.97 Å². The fourth-order valence-electron chi connectivity index (χ4n) is 6.25. The molecule has 1 saturated carbocycles. The van der Waals surface area contributed by atoms with E-state index in [0.29, 0.717) is 0 Å². The zero-order valence-corrected chi connectivity index (χ0v) is 23.3. The van der Waals surface area contributed by atoms with E-state index < -0.39 is 18.4 Å². The highest BCUT2D eigenvalue weighted by molar-refractivity contribution is 5.83. The molecule has 202 valence electrons. The first-order valence-electron chi connectivity index (χ1n) is 14.9. The van der Waals surface area contributed by atoms with Crippen molar-refractivity contribution in [3.8, 4) is 0 Å². The number of fused-ring (bicyclic) bond motifs is 1. The molecule has 4 atom stereocenters. The van der Waals surface area contributed by atoms with E-state index in [1.165, 1.54) is 16.3 Å². The summed E-state index contributed by atoms with van der Waals surface area (Å²) >= 11 is 0. The maximum atomic E-state index is 13.4. The number of esters is 1. The van der Waals surface area contributed by atoms with Gasteiger partial charge < -0.3 is 10.1 Å². The van der Waals surface area contributed by atoms with E-state index in [1.807, 2.05) is 43.3 Å². The number of rotatable bonds is 9. The summed E-state index contributed by atoms with van der Waals surface area (Å²) in [6, 6.07) is 35.0. The Morgan fingerprint density at radius 2 is 1.46 bits per heavy atom. The van der Waals surface area contributed by atoms with Gasteiger partial charge in [-0.2, -0.15) is 0 Å². The van der Waals surface area contributed by atoms with Crippen LogP contribution < -0.4 is 5.32 Å². The molecular weight excluding hydrogens is 478 g/mol. The maximum Gasteiger partial charge on any atom is 0.307 e. The molecule has 1 aliphatic carbocycles. The molecule has 0 aromatic heterocycles. The molecule has 39 heavy (non-hydrogen) atoms. The van der Waals surface area contributed by atoms with Crippen LogP contribution in [0.1, 0.15) is 77.0 Å². The Morgan fingerprint density at radius 1 is 0.872 bits per heavy atom. The number of nitrogens with one attached hydrogen (secondary N) is 1. The van der Waals surface area contributed by atoms with Crippen LogP contribution in [0.3, 0.4) is 0 Å². The van der Waals surface area contributed by atoms with E-state index in [0.717, 1.165) is 36.8 Å². The largest absolute Gasteiger partial charge is 0.462 e. The number of hydrogen-bond donors (Lipinski definition) is 1. The van der Waals surface area contributed by atoms with Crippen molar-refractivity contribution in [2.75, 3.05) is 0 Å². The monoisotopic (exact) mass is 520 g/mol. The average molecular weight is 521 g/mol. The van der Waals surface area contributed by atoms with Crippen LogP contribution in [-0.2, 0) is 14.9 Å². The van der Waals surface area contributed by atoms with Gasteiger partial charge in [0, 0.05) is 13.3 Å². The summed E-state index contributed by atoms with van der Waals surface area (Å²) in [6.45, 7) is 6.47. The Hall–Kier alpha value is -3.43. The molecule has 0 aliphatic heterocycles. The molecule has 1 fully saturated rings. The third-order valence-corrected chi connectivity index (χ3v) is 8.47. The predicted molar refractivity (Wildman–Crippen MR) is 161 cm³/mol. The number of ether oxygens (including phenoxy) is 1. The van der Waals surface area contributed by atoms with Crippen molar-refractivity contribution in [2.45, 2.75) is 76.5 Å². The molecule has 0 unspecified atom stereocenters. The quantitative estimate of drug-likeness (QED) is 0.225. The summed E-state index contributed by atoms with van der Waals surface area (Å²) in [7, 11) is 0. The summed E-state index contributed by atoms with van der Waals surface area (Å²) in [5.74, 6) is -0.241. The molecule has 1 N–H and O–H groups in total. The SMILES string of the molecule is [2H][C@H](C(=O)O[C@H]1CCCC[C@@H]1C(C)(C)c1ccc2ccccc2c1)[C@H](C)NC(c1ccccc1)c1ccccc1. The summed E-state index contributed by atoms with van der Waals surface area (Å²) in [5, 5.41) is 6.03. The van der Waals surface area contributed by atoms with Crippen molar-refractivity contribution < 1.29 is 10.9 Å². The summed E-state index contributed by atoms with van der Waals surface area (Å²) < 4.78 is 15.1. The lowest BCUT2D eigenvalue weighted by Gasteiger charge is -2.42. The zero-order valence-electron chi connectivity index (χ0n) is 24.3. The minimum Gasteiger partial charge on any atom is -0.462 e. The normalized spacial score (nSPS) is 19.8. The van der Waals surface area contributed by atoms with Gasteiger partial charge in [-0.3, -0.25) is 4.79 Å². The zero-order chi connectivity index (χ0) is 28.1. The van der Waals surface area contributed by atoms with E-state index in [1.54, 1.807) is 0 Å². The van der Waals surface area contributed by atoms with Crippen molar-refractivity contribution in [3.05, 3.63) is 120 Å². The average Bonchev–Trinajstić information content (AvgIpc) is 3.00. The lowest BCUT2D eigenvalue weighted by atomic mass is 9.66.